The lowest BCUT2D eigenvalue weighted by atomic mass is 10.1. The first kappa shape index (κ1) is 14.4. The molecule has 19 heavy (non-hydrogen) atoms. The van der Waals surface area contributed by atoms with Crippen molar-refractivity contribution < 1.29 is 0 Å². The van der Waals surface area contributed by atoms with Gasteiger partial charge >= 0.3 is 0 Å². The summed E-state index contributed by atoms with van der Waals surface area (Å²) in [7, 11) is 2.04. The zero-order chi connectivity index (χ0) is 13.8. The number of likely N-dealkylation sites (N-methyl/N-ethyl adjacent to an activating group) is 1. The van der Waals surface area contributed by atoms with Crippen LogP contribution in [-0.4, -0.2) is 50.7 Å². The Morgan fingerprint density at radius 3 is 2.47 bits per heavy atom. The van der Waals surface area contributed by atoms with E-state index in [9.17, 15) is 0 Å². The van der Waals surface area contributed by atoms with E-state index in [0.717, 1.165) is 19.6 Å². The smallest absolute Gasteiger partial charge is 0.0399 e. The molecule has 0 amide bonds. The second-order valence-corrected chi connectivity index (χ2v) is 5.70. The van der Waals surface area contributed by atoms with E-state index in [1.165, 1.54) is 29.9 Å². The number of hydrogen-bond donors (Lipinski definition) is 1. The van der Waals surface area contributed by atoms with Crippen molar-refractivity contribution in [3.8, 4) is 0 Å². The molecule has 1 heterocycles. The Kier molecular flexibility index (Phi) is 4.83. The fourth-order valence-corrected chi connectivity index (χ4v) is 2.73. The Morgan fingerprint density at radius 2 is 1.84 bits per heavy atom. The highest BCUT2D eigenvalue weighted by Crippen LogP contribution is 2.23. The fraction of sp³-hybridized carbons (Fsp3) is 0.625. The van der Waals surface area contributed by atoms with E-state index < -0.39 is 0 Å². The van der Waals surface area contributed by atoms with Crippen LogP contribution in [0, 0.1) is 13.8 Å². The summed E-state index contributed by atoms with van der Waals surface area (Å²) in [6.45, 7) is 12.4. The van der Waals surface area contributed by atoms with Crippen LogP contribution in [0.3, 0.4) is 0 Å². The summed E-state index contributed by atoms with van der Waals surface area (Å²) in [6, 6.07) is 7.21. The summed E-state index contributed by atoms with van der Waals surface area (Å²) in [5, 5.41) is 3.32. The summed E-state index contributed by atoms with van der Waals surface area (Å²) >= 11 is 0. The average molecular weight is 261 g/mol. The van der Waals surface area contributed by atoms with E-state index in [4.69, 9.17) is 0 Å². The first-order valence-corrected chi connectivity index (χ1v) is 7.32. The molecule has 0 aromatic heterocycles. The summed E-state index contributed by atoms with van der Waals surface area (Å²) in [6.07, 6.45) is 0. The highest BCUT2D eigenvalue weighted by atomic mass is 15.3. The molecule has 0 aliphatic carbocycles. The molecule has 3 nitrogen and oxygen atoms in total. The molecule has 3 heteroatoms. The maximum Gasteiger partial charge on any atom is 0.0399 e. The van der Waals surface area contributed by atoms with Crippen LogP contribution in [0.15, 0.2) is 18.2 Å². The van der Waals surface area contributed by atoms with Crippen molar-refractivity contribution >= 4 is 5.69 Å². The number of rotatable bonds is 4. The number of anilines is 1. The van der Waals surface area contributed by atoms with Crippen LogP contribution in [0.25, 0.3) is 0 Å². The SMILES string of the molecule is CNC(C)CN1CCN(c2cccc(C)c2C)CC1. The van der Waals surface area contributed by atoms with Gasteiger partial charge < -0.3 is 10.2 Å². The normalized spacial score (nSPS) is 18.6. The molecular formula is C16H27N3. The molecule has 0 radical (unpaired) electrons. The molecule has 1 unspecified atom stereocenters. The number of benzene rings is 1. The summed E-state index contributed by atoms with van der Waals surface area (Å²) in [4.78, 5) is 5.09. The van der Waals surface area contributed by atoms with Gasteiger partial charge in [0.2, 0.25) is 0 Å². The minimum absolute atomic E-state index is 0.576. The van der Waals surface area contributed by atoms with Crippen LogP contribution in [-0.2, 0) is 0 Å². The van der Waals surface area contributed by atoms with Crippen LogP contribution in [0.5, 0.6) is 0 Å². The van der Waals surface area contributed by atoms with Gasteiger partial charge in [-0.25, -0.2) is 0 Å². The van der Waals surface area contributed by atoms with Crippen molar-refractivity contribution in [3.05, 3.63) is 29.3 Å². The lowest BCUT2D eigenvalue weighted by Gasteiger charge is -2.38. The van der Waals surface area contributed by atoms with Crippen molar-refractivity contribution in [2.24, 2.45) is 0 Å². The van der Waals surface area contributed by atoms with Crippen LogP contribution in [0.4, 0.5) is 5.69 Å². The Labute approximate surface area is 117 Å². The largest absolute Gasteiger partial charge is 0.369 e. The van der Waals surface area contributed by atoms with Crippen molar-refractivity contribution in [1.82, 2.24) is 10.2 Å². The van der Waals surface area contributed by atoms with E-state index in [1.807, 2.05) is 7.05 Å². The maximum absolute atomic E-state index is 3.32. The van der Waals surface area contributed by atoms with Gasteiger partial charge in [-0.05, 0) is 45.0 Å². The van der Waals surface area contributed by atoms with Crippen LogP contribution in [0.2, 0.25) is 0 Å². The molecule has 0 spiro atoms. The molecule has 1 aromatic rings. The van der Waals surface area contributed by atoms with Crippen LogP contribution in [0.1, 0.15) is 18.1 Å². The third-order valence-electron chi connectivity index (χ3n) is 4.31. The molecule has 1 atom stereocenters. The lowest BCUT2D eigenvalue weighted by molar-refractivity contribution is 0.237. The number of aryl methyl sites for hydroxylation is 1. The van der Waals surface area contributed by atoms with Crippen LogP contribution >= 0.6 is 0 Å². The standard InChI is InChI=1S/C16H27N3/c1-13-6-5-7-16(15(13)3)19-10-8-18(9-11-19)12-14(2)17-4/h5-7,14,17H,8-12H2,1-4H3. The Bertz CT molecular complexity index is 408. The molecular weight excluding hydrogens is 234 g/mol. The zero-order valence-corrected chi connectivity index (χ0v) is 12.7. The van der Waals surface area contributed by atoms with Crippen molar-refractivity contribution in [3.63, 3.8) is 0 Å². The lowest BCUT2D eigenvalue weighted by Crippen LogP contribution is -2.50. The monoisotopic (exact) mass is 261 g/mol. The minimum Gasteiger partial charge on any atom is -0.369 e. The minimum atomic E-state index is 0.576. The Balaban J connectivity index is 1.94. The molecule has 1 aliphatic heterocycles. The van der Waals surface area contributed by atoms with Crippen molar-refractivity contribution in [2.45, 2.75) is 26.8 Å². The van der Waals surface area contributed by atoms with Crippen LogP contribution < -0.4 is 10.2 Å². The van der Waals surface area contributed by atoms with Gasteiger partial charge in [-0.2, -0.15) is 0 Å². The fourth-order valence-electron chi connectivity index (χ4n) is 2.73. The summed E-state index contributed by atoms with van der Waals surface area (Å²) < 4.78 is 0. The predicted molar refractivity (Wildman–Crippen MR) is 83.1 cm³/mol. The third-order valence-corrected chi connectivity index (χ3v) is 4.31. The second kappa shape index (κ2) is 6.40. The van der Waals surface area contributed by atoms with Gasteiger partial charge in [0.1, 0.15) is 0 Å². The zero-order valence-electron chi connectivity index (χ0n) is 12.7. The molecule has 1 aromatic carbocycles. The molecule has 106 valence electrons. The quantitative estimate of drug-likeness (QED) is 0.895. The van der Waals surface area contributed by atoms with Gasteiger partial charge in [-0.3, -0.25) is 4.90 Å². The van der Waals surface area contributed by atoms with Crippen molar-refractivity contribution in [1.29, 1.82) is 0 Å². The van der Waals surface area contributed by atoms with Crippen molar-refractivity contribution in [2.75, 3.05) is 44.7 Å². The van der Waals surface area contributed by atoms with Gasteiger partial charge in [0.15, 0.2) is 0 Å². The molecule has 0 saturated carbocycles. The first-order valence-electron chi connectivity index (χ1n) is 7.32. The molecule has 1 N–H and O–H groups in total. The predicted octanol–water partition coefficient (Wildman–Crippen LogP) is 2.03. The molecule has 1 saturated heterocycles. The van der Waals surface area contributed by atoms with Gasteiger partial charge in [0.25, 0.3) is 0 Å². The summed E-state index contributed by atoms with van der Waals surface area (Å²) in [5.41, 5.74) is 4.24. The van der Waals surface area contributed by atoms with E-state index in [0.29, 0.717) is 6.04 Å². The molecule has 1 fully saturated rings. The third kappa shape index (κ3) is 3.48. The number of nitrogens with one attached hydrogen (secondary N) is 1. The molecule has 0 bridgehead atoms. The van der Waals surface area contributed by atoms with Gasteiger partial charge in [0.05, 0.1) is 0 Å². The van der Waals surface area contributed by atoms with E-state index in [2.05, 4.69) is 54.1 Å². The summed E-state index contributed by atoms with van der Waals surface area (Å²) in [5.74, 6) is 0. The first-order chi connectivity index (χ1) is 9.11. The topological polar surface area (TPSA) is 18.5 Å². The number of hydrogen-bond acceptors (Lipinski definition) is 3. The molecule has 2 rings (SSSR count). The van der Waals surface area contributed by atoms with Gasteiger partial charge in [-0.15, -0.1) is 0 Å². The maximum atomic E-state index is 3.32. The second-order valence-electron chi connectivity index (χ2n) is 5.70. The highest BCUT2D eigenvalue weighted by Gasteiger charge is 2.19. The molecule has 1 aliphatic rings. The van der Waals surface area contributed by atoms with Gasteiger partial charge in [-0.1, -0.05) is 12.1 Å². The van der Waals surface area contributed by atoms with E-state index >= 15 is 0 Å². The number of piperazine rings is 1. The van der Waals surface area contributed by atoms with E-state index in [1.54, 1.807) is 0 Å². The van der Waals surface area contributed by atoms with Gasteiger partial charge in [0, 0.05) is 44.5 Å². The Hall–Kier alpha value is -1.06. The highest BCUT2D eigenvalue weighted by molar-refractivity contribution is 5.56. The Morgan fingerprint density at radius 1 is 1.16 bits per heavy atom. The average Bonchev–Trinajstić information content (AvgIpc) is 2.43. The van der Waals surface area contributed by atoms with E-state index in [-0.39, 0.29) is 0 Å². The number of nitrogens with zero attached hydrogens (tertiary/aromatic N) is 2.